The molecular weight excluding hydrogens is 276 g/mol. The lowest BCUT2D eigenvalue weighted by atomic mass is 10.1. The van der Waals surface area contributed by atoms with Crippen molar-refractivity contribution >= 4 is 17.3 Å². The van der Waals surface area contributed by atoms with E-state index in [1.807, 2.05) is 0 Å². The van der Waals surface area contributed by atoms with Crippen molar-refractivity contribution in [3.05, 3.63) is 58.1 Å². The van der Waals surface area contributed by atoms with Crippen LogP contribution in [0.2, 0.25) is 0 Å². The number of rotatable bonds is 4. The van der Waals surface area contributed by atoms with Crippen LogP contribution in [0, 0.1) is 10.1 Å². The number of phenols is 1. The van der Waals surface area contributed by atoms with Gasteiger partial charge in [0.2, 0.25) is 0 Å². The van der Waals surface area contributed by atoms with E-state index in [0.717, 1.165) is 18.2 Å². The molecule has 0 aliphatic carbocycles. The van der Waals surface area contributed by atoms with Gasteiger partial charge in [-0.25, -0.2) is 0 Å². The molecule has 0 bridgehead atoms. The van der Waals surface area contributed by atoms with E-state index in [4.69, 9.17) is 4.74 Å². The first-order valence-electron chi connectivity index (χ1n) is 5.94. The van der Waals surface area contributed by atoms with Gasteiger partial charge in [-0.3, -0.25) is 14.9 Å². The predicted octanol–water partition coefficient (Wildman–Crippen LogP) is 2.56. The molecule has 0 saturated heterocycles. The lowest BCUT2D eigenvalue weighted by Crippen LogP contribution is -2.12. The fraction of sp³-hybridized carbons (Fsp3) is 0.0714. The molecule has 0 atom stereocenters. The Morgan fingerprint density at radius 2 is 2.05 bits per heavy atom. The number of hydrogen-bond acceptors (Lipinski definition) is 5. The average molecular weight is 288 g/mol. The Balaban J connectivity index is 2.27. The molecule has 0 saturated carbocycles. The molecule has 2 aromatic rings. The van der Waals surface area contributed by atoms with Gasteiger partial charge in [0.1, 0.15) is 11.5 Å². The molecular formula is C14H12N2O5. The van der Waals surface area contributed by atoms with Gasteiger partial charge in [-0.05, 0) is 18.2 Å². The number of benzene rings is 2. The third-order valence-electron chi connectivity index (χ3n) is 2.76. The molecule has 0 heterocycles. The van der Waals surface area contributed by atoms with E-state index >= 15 is 0 Å². The number of methoxy groups -OCH3 is 1. The summed E-state index contributed by atoms with van der Waals surface area (Å²) in [5.41, 5.74) is 0.000804. The Bertz CT molecular complexity index is 700. The number of carbonyl (C=O) groups excluding carboxylic acids is 1. The highest BCUT2D eigenvalue weighted by Crippen LogP contribution is 2.24. The van der Waals surface area contributed by atoms with Crippen LogP contribution in [-0.2, 0) is 0 Å². The number of nitrogens with zero attached hydrogens (tertiary/aromatic N) is 1. The number of ether oxygens (including phenoxy) is 1. The normalized spacial score (nSPS) is 9.95. The lowest BCUT2D eigenvalue weighted by Gasteiger charge is -2.08. The van der Waals surface area contributed by atoms with E-state index in [-0.39, 0.29) is 17.0 Å². The number of non-ortho nitro benzene ring substituents is 1. The molecule has 7 nitrogen and oxygen atoms in total. The van der Waals surface area contributed by atoms with Crippen LogP contribution in [0.5, 0.6) is 11.5 Å². The molecule has 1 amide bonds. The number of hydrogen-bond donors (Lipinski definition) is 2. The fourth-order valence-corrected chi connectivity index (χ4v) is 1.72. The first kappa shape index (κ1) is 14.3. The van der Waals surface area contributed by atoms with E-state index < -0.39 is 10.8 Å². The maximum atomic E-state index is 12.1. The van der Waals surface area contributed by atoms with Gasteiger partial charge < -0.3 is 15.2 Å². The second-order valence-corrected chi connectivity index (χ2v) is 4.14. The highest BCUT2D eigenvalue weighted by Gasteiger charge is 2.16. The highest BCUT2D eigenvalue weighted by atomic mass is 16.6. The van der Waals surface area contributed by atoms with Gasteiger partial charge in [0.15, 0.2) is 0 Å². The molecule has 21 heavy (non-hydrogen) atoms. The maximum absolute atomic E-state index is 12.1. The van der Waals surface area contributed by atoms with Crippen LogP contribution in [0.1, 0.15) is 10.4 Å². The van der Waals surface area contributed by atoms with Crippen molar-refractivity contribution in [3.63, 3.8) is 0 Å². The van der Waals surface area contributed by atoms with Gasteiger partial charge in [-0.15, -0.1) is 0 Å². The highest BCUT2D eigenvalue weighted by molar-refractivity contribution is 6.06. The summed E-state index contributed by atoms with van der Waals surface area (Å²) >= 11 is 0. The van der Waals surface area contributed by atoms with Gasteiger partial charge in [0.05, 0.1) is 17.6 Å². The second-order valence-electron chi connectivity index (χ2n) is 4.14. The lowest BCUT2D eigenvalue weighted by molar-refractivity contribution is -0.384. The molecule has 7 heteroatoms. The molecule has 0 radical (unpaired) electrons. The van der Waals surface area contributed by atoms with Crippen LogP contribution in [0.15, 0.2) is 42.5 Å². The number of nitro benzene ring substituents is 1. The zero-order chi connectivity index (χ0) is 15.4. The van der Waals surface area contributed by atoms with Crippen LogP contribution in [-0.4, -0.2) is 23.0 Å². The van der Waals surface area contributed by atoms with Crippen molar-refractivity contribution in [2.24, 2.45) is 0 Å². The van der Waals surface area contributed by atoms with Crippen molar-refractivity contribution in [1.29, 1.82) is 0 Å². The summed E-state index contributed by atoms with van der Waals surface area (Å²) in [4.78, 5) is 22.1. The monoisotopic (exact) mass is 288 g/mol. The van der Waals surface area contributed by atoms with Crippen LogP contribution in [0.4, 0.5) is 11.4 Å². The van der Waals surface area contributed by atoms with Crippen LogP contribution >= 0.6 is 0 Å². The van der Waals surface area contributed by atoms with Crippen LogP contribution in [0.3, 0.4) is 0 Å². The van der Waals surface area contributed by atoms with Crippen molar-refractivity contribution in [2.45, 2.75) is 0 Å². The van der Waals surface area contributed by atoms with Gasteiger partial charge in [-0.2, -0.15) is 0 Å². The van der Waals surface area contributed by atoms with E-state index in [1.165, 1.54) is 7.11 Å². The van der Waals surface area contributed by atoms with E-state index in [1.54, 1.807) is 24.3 Å². The van der Waals surface area contributed by atoms with Crippen molar-refractivity contribution in [1.82, 2.24) is 0 Å². The molecule has 0 unspecified atom stereocenters. The number of aromatic hydroxyl groups is 1. The number of nitro groups is 1. The molecule has 2 N–H and O–H groups in total. The van der Waals surface area contributed by atoms with Crippen LogP contribution < -0.4 is 10.1 Å². The van der Waals surface area contributed by atoms with Gasteiger partial charge in [0.25, 0.3) is 11.6 Å². The molecule has 2 aromatic carbocycles. The Morgan fingerprint density at radius 1 is 1.29 bits per heavy atom. The van der Waals surface area contributed by atoms with Gasteiger partial charge in [-0.1, -0.05) is 6.07 Å². The zero-order valence-corrected chi connectivity index (χ0v) is 11.1. The standard InChI is InChI=1S/C14H12N2O5/c1-21-11-4-2-3-9(7-11)15-14(18)12-8-10(16(19)20)5-6-13(12)17/h2-8,17H,1H3,(H,15,18). The minimum Gasteiger partial charge on any atom is -0.507 e. The summed E-state index contributed by atoms with van der Waals surface area (Å²) in [5.74, 6) is -0.429. The SMILES string of the molecule is COc1cccc(NC(=O)c2cc([N+](=O)[O-])ccc2O)c1. The minimum absolute atomic E-state index is 0.174. The van der Waals surface area contributed by atoms with Crippen molar-refractivity contribution < 1.29 is 19.6 Å². The first-order chi connectivity index (χ1) is 10.0. The number of anilines is 1. The predicted molar refractivity (Wildman–Crippen MR) is 75.7 cm³/mol. The fourth-order valence-electron chi connectivity index (χ4n) is 1.72. The summed E-state index contributed by atoms with van der Waals surface area (Å²) < 4.78 is 5.03. The third kappa shape index (κ3) is 3.27. The van der Waals surface area contributed by atoms with Gasteiger partial charge in [0, 0.05) is 23.9 Å². The zero-order valence-electron chi connectivity index (χ0n) is 11.1. The molecule has 0 aliphatic rings. The quantitative estimate of drug-likeness (QED) is 0.665. The number of carbonyl (C=O) groups is 1. The Labute approximate surface area is 119 Å². The summed E-state index contributed by atoms with van der Waals surface area (Å²) in [6.45, 7) is 0. The number of phenolic OH excluding ortho intramolecular Hbond substituents is 1. The third-order valence-corrected chi connectivity index (χ3v) is 2.76. The van der Waals surface area contributed by atoms with Crippen molar-refractivity contribution in [2.75, 3.05) is 12.4 Å². The Hall–Kier alpha value is -3.09. The minimum atomic E-state index is -0.649. The maximum Gasteiger partial charge on any atom is 0.270 e. The smallest absolute Gasteiger partial charge is 0.270 e. The van der Waals surface area contributed by atoms with Crippen LogP contribution in [0.25, 0.3) is 0 Å². The number of amides is 1. The topological polar surface area (TPSA) is 102 Å². The summed E-state index contributed by atoms with van der Waals surface area (Å²) in [6, 6.07) is 9.87. The first-order valence-corrected chi connectivity index (χ1v) is 5.94. The second kappa shape index (κ2) is 5.91. The van der Waals surface area contributed by atoms with Gasteiger partial charge >= 0.3 is 0 Å². The molecule has 108 valence electrons. The molecule has 2 rings (SSSR count). The largest absolute Gasteiger partial charge is 0.507 e. The summed E-state index contributed by atoms with van der Waals surface area (Å²) in [7, 11) is 1.49. The van der Waals surface area contributed by atoms with E-state index in [9.17, 15) is 20.0 Å². The number of nitrogens with one attached hydrogen (secondary N) is 1. The van der Waals surface area contributed by atoms with E-state index in [0.29, 0.717) is 11.4 Å². The average Bonchev–Trinajstić information content (AvgIpc) is 2.47. The Morgan fingerprint density at radius 3 is 2.71 bits per heavy atom. The summed E-state index contributed by atoms with van der Waals surface area (Å²) in [6.07, 6.45) is 0. The molecule has 0 aromatic heterocycles. The molecule has 0 spiro atoms. The summed E-state index contributed by atoms with van der Waals surface area (Å²) in [5, 5.41) is 22.9. The Kier molecular flexibility index (Phi) is 4.03. The van der Waals surface area contributed by atoms with Crippen molar-refractivity contribution in [3.8, 4) is 11.5 Å². The van der Waals surface area contributed by atoms with E-state index in [2.05, 4.69) is 5.32 Å². The molecule has 0 aliphatic heterocycles. The molecule has 0 fully saturated rings.